The van der Waals surface area contributed by atoms with Crippen LogP contribution in [0.2, 0.25) is 0 Å². The number of carbonyl (C=O) groups is 2. The molecule has 0 spiro atoms. The summed E-state index contributed by atoms with van der Waals surface area (Å²) in [6, 6.07) is 0. The molecule has 0 unspecified atom stereocenters. The Balaban J connectivity index is -0.00000220. The molecule has 0 aromatic heterocycles. The smallest absolute Gasteiger partial charge is 1.00 e. The molecule has 0 amide bonds. The molecule has 0 radical (unpaired) electrons. The number of unbranched alkanes of at least 4 members (excludes halogenated alkanes) is 7. The summed E-state index contributed by atoms with van der Waals surface area (Å²) in [6.07, 6.45) is 11.1. The molecule has 0 saturated carbocycles. The van der Waals surface area contributed by atoms with E-state index in [-0.39, 0.29) is 42.9 Å². The molecule has 0 fully saturated rings. The molecule has 0 saturated heterocycles. The van der Waals surface area contributed by atoms with Gasteiger partial charge >= 0.3 is 41.5 Å². The topological polar surface area (TPSA) is 52.6 Å². The fourth-order valence-corrected chi connectivity index (χ4v) is 2.11. The second-order valence-corrected chi connectivity index (χ2v) is 5.77. The van der Waals surface area contributed by atoms with Crippen LogP contribution in [0.5, 0.6) is 0 Å². The summed E-state index contributed by atoms with van der Waals surface area (Å²) in [5.41, 5.74) is 0. The van der Waals surface area contributed by atoms with Gasteiger partial charge in [-0.25, -0.2) is 0 Å². The predicted molar refractivity (Wildman–Crippen MR) is 89.8 cm³/mol. The largest absolute Gasteiger partial charge is 1.00 e. The molecule has 0 N–H and O–H groups in total. The maximum Gasteiger partial charge on any atom is 1.00 e. The minimum absolute atomic E-state index is 0. The summed E-state index contributed by atoms with van der Waals surface area (Å²) >= 11 is 0. The van der Waals surface area contributed by atoms with Crippen molar-refractivity contribution >= 4 is 11.9 Å². The zero-order valence-corrected chi connectivity index (χ0v) is 17.5. The van der Waals surface area contributed by atoms with E-state index in [2.05, 4.69) is 13.8 Å². The Kier molecular flexibility index (Phi) is 21.9. The van der Waals surface area contributed by atoms with Crippen LogP contribution in [0.3, 0.4) is 0 Å². The zero-order valence-electron chi connectivity index (χ0n) is 16.5. The number of carbonyl (C=O) groups excluding carboxylic acids is 2. The van der Waals surface area contributed by atoms with E-state index in [1.807, 2.05) is 0 Å². The van der Waals surface area contributed by atoms with Gasteiger partial charge in [0.2, 0.25) is 0 Å². The molecule has 5 heteroatoms. The molecule has 0 rings (SSSR count). The van der Waals surface area contributed by atoms with Crippen molar-refractivity contribution < 1.29 is 50.0 Å². The van der Waals surface area contributed by atoms with E-state index < -0.39 is 0 Å². The molecule has 132 valence electrons. The Labute approximate surface area is 165 Å². The molecule has 0 heterocycles. The average Bonchev–Trinajstić information content (AvgIpc) is 2.51. The molecular weight excluding hydrogens is 303 g/mol. The van der Waals surface area contributed by atoms with Crippen molar-refractivity contribution in [3.63, 3.8) is 0 Å². The normalized spacial score (nSPS) is 10.0. The fraction of sp³-hybridized carbons (Fsp3) is 0.889. The zero-order chi connectivity index (χ0) is 16.5. The Bertz CT molecular complexity index is 260. The monoisotopic (exact) mass is 338 g/mol. The van der Waals surface area contributed by atoms with Crippen LogP contribution < -0.4 is 29.6 Å². The summed E-state index contributed by atoms with van der Waals surface area (Å²) in [5, 5.41) is 0. The molecule has 0 aliphatic rings. The van der Waals surface area contributed by atoms with Gasteiger partial charge < -0.3 is 10.9 Å². The summed E-state index contributed by atoms with van der Waals surface area (Å²) in [7, 11) is 0. The molecule has 0 aliphatic heterocycles. The first-order valence-corrected chi connectivity index (χ1v) is 9.02. The summed E-state index contributed by atoms with van der Waals surface area (Å²) in [4.78, 5) is 22.9. The first-order valence-electron chi connectivity index (χ1n) is 9.02. The first-order chi connectivity index (χ1) is 10.7. The quantitative estimate of drug-likeness (QED) is 0.260. The van der Waals surface area contributed by atoms with Gasteiger partial charge in [0, 0.05) is 12.8 Å². The number of ether oxygens (including phenoxy) is 2. The third-order valence-electron chi connectivity index (χ3n) is 3.53. The van der Waals surface area contributed by atoms with E-state index in [0.29, 0.717) is 38.9 Å². The van der Waals surface area contributed by atoms with Gasteiger partial charge in [-0.3, -0.25) is 9.59 Å². The van der Waals surface area contributed by atoms with Crippen molar-refractivity contribution in [1.29, 1.82) is 0 Å². The molecule has 0 aromatic carbocycles. The van der Waals surface area contributed by atoms with Crippen LogP contribution in [0.4, 0.5) is 0 Å². The Morgan fingerprint density at radius 3 is 1.39 bits per heavy atom. The van der Waals surface area contributed by atoms with Crippen LogP contribution in [0.25, 0.3) is 0 Å². The SMILES string of the molecule is CCCCCCOC(=O)CCCCC(=O)OCCCCCC.[H-].[Na+]. The van der Waals surface area contributed by atoms with E-state index in [0.717, 1.165) is 25.7 Å². The van der Waals surface area contributed by atoms with Crippen molar-refractivity contribution in [3.8, 4) is 0 Å². The Morgan fingerprint density at radius 1 is 0.652 bits per heavy atom. The van der Waals surface area contributed by atoms with Crippen LogP contribution in [-0.4, -0.2) is 25.2 Å². The van der Waals surface area contributed by atoms with Gasteiger partial charge in [0.05, 0.1) is 13.2 Å². The number of esters is 2. The third-order valence-corrected chi connectivity index (χ3v) is 3.53. The van der Waals surface area contributed by atoms with Crippen LogP contribution in [-0.2, 0) is 19.1 Å². The van der Waals surface area contributed by atoms with Crippen LogP contribution >= 0.6 is 0 Å². The number of hydrogen-bond acceptors (Lipinski definition) is 4. The number of hydrogen-bond donors (Lipinski definition) is 0. The Morgan fingerprint density at radius 2 is 1.04 bits per heavy atom. The summed E-state index contributed by atoms with van der Waals surface area (Å²) in [6.45, 7) is 5.36. The van der Waals surface area contributed by atoms with Crippen molar-refractivity contribution in [2.45, 2.75) is 90.9 Å². The maximum atomic E-state index is 11.5. The third kappa shape index (κ3) is 19.9. The molecular formula is C18H35NaO4. The molecule has 0 aliphatic carbocycles. The van der Waals surface area contributed by atoms with E-state index in [1.54, 1.807) is 0 Å². The van der Waals surface area contributed by atoms with E-state index >= 15 is 0 Å². The second kappa shape index (κ2) is 20.0. The summed E-state index contributed by atoms with van der Waals surface area (Å²) in [5.74, 6) is -0.297. The minimum Gasteiger partial charge on any atom is -1.00 e. The minimum atomic E-state index is -0.149. The summed E-state index contributed by atoms with van der Waals surface area (Å²) < 4.78 is 10.3. The molecule has 23 heavy (non-hydrogen) atoms. The second-order valence-electron chi connectivity index (χ2n) is 5.77. The molecule has 4 nitrogen and oxygen atoms in total. The average molecular weight is 338 g/mol. The van der Waals surface area contributed by atoms with Crippen LogP contribution in [0.15, 0.2) is 0 Å². The standard InChI is InChI=1S/C18H34O4.Na.H/c1-3-5-7-11-15-21-17(19)13-9-10-14-18(20)22-16-12-8-6-4-2;;/h3-16H2,1-2H3;;/q;+1;-1. The van der Waals surface area contributed by atoms with Gasteiger partial charge in [-0.1, -0.05) is 52.4 Å². The van der Waals surface area contributed by atoms with Gasteiger partial charge in [0.1, 0.15) is 0 Å². The predicted octanol–water partition coefficient (Wildman–Crippen LogP) is 1.91. The van der Waals surface area contributed by atoms with Gasteiger partial charge in [-0.2, -0.15) is 0 Å². The van der Waals surface area contributed by atoms with E-state index in [9.17, 15) is 9.59 Å². The molecule has 0 aromatic rings. The molecule has 0 atom stereocenters. The number of rotatable bonds is 15. The van der Waals surface area contributed by atoms with Crippen molar-refractivity contribution in [1.82, 2.24) is 0 Å². The van der Waals surface area contributed by atoms with Crippen molar-refractivity contribution in [3.05, 3.63) is 0 Å². The van der Waals surface area contributed by atoms with E-state index in [1.165, 1.54) is 25.7 Å². The van der Waals surface area contributed by atoms with Gasteiger partial charge in [0.15, 0.2) is 0 Å². The van der Waals surface area contributed by atoms with E-state index in [4.69, 9.17) is 9.47 Å². The maximum absolute atomic E-state index is 11.5. The van der Waals surface area contributed by atoms with Gasteiger partial charge in [-0.15, -0.1) is 0 Å². The van der Waals surface area contributed by atoms with Crippen molar-refractivity contribution in [2.75, 3.05) is 13.2 Å². The fourth-order valence-electron chi connectivity index (χ4n) is 2.11. The first kappa shape index (κ1) is 25.2. The molecule has 0 bridgehead atoms. The van der Waals surface area contributed by atoms with Gasteiger partial charge in [0.25, 0.3) is 0 Å². The van der Waals surface area contributed by atoms with Crippen LogP contribution in [0, 0.1) is 0 Å². The van der Waals surface area contributed by atoms with Gasteiger partial charge in [-0.05, 0) is 25.7 Å². The Hall–Kier alpha value is -0.0600. The van der Waals surface area contributed by atoms with Crippen LogP contribution in [0.1, 0.15) is 92.3 Å². The van der Waals surface area contributed by atoms with Crippen molar-refractivity contribution in [2.24, 2.45) is 0 Å².